The van der Waals surface area contributed by atoms with E-state index in [2.05, 4.69) is 11.9 Å². The molecule has 0 unspecified atom stereocenters. The van der Waals surface area contributed by atoms with Gasteiger partial charge >= 0.3 is 0 Å². The summed E-state index contributed by atoms with van der Waals surface area (Å²) in [5, 5.41) is 13.4. The molecule has 0 atom stereocenters. The third kappa shape index (κ3) is 3.18. The molecule has 4 N–H and O–H groups in total. The van der Waals surface area contributed by atoms with Crippen molar-refractivity contribution in [3.05, 3.63) is 82.7 Å². The van der Waals surface area contributed by atoms with Crippen LogP contribution in [0.15, 0.2) is 66.0 Å². The molecule has 1 aromatic heterocycles. The molecule has 0 saturated heterocycles. The van der Waals surface area contributed by atoms with E-state index in [9.17, 15) is 19.5 Å². The van der Waals surface area contributed by atoms with Gasteiger partial charge in [0.15, 0.2) is 0 Å². The van der Waals surface area contributed by atoms with E-state index in [1.807, 2.05) is 0 Å². The fourth-order valence-corrected chi connectivity index (χ4v) is 2.90. The average molecular weight is 363 g/mol. The number of benzene rings is 2. The number of fused-ring (bicyclic) bond motifs is 1. The van der Waals surface area contributed by atoms with Crippen LogP contribution in [0, 0.1) is 0 Å². The number of anilines is 1. The largest absolute Gasteiger partial charge is 0.506 e. The van der Waals surface area contributed by atoms with Gasteiger partial charge in [0.2, 0.25) is 0 Å². The van der Waals surface area contributed by atoms with Crippen molar-refractivity contribution in [2.75, 3.05) is 5.32 Å². The summed E-state index contributed by atoms with van der Waals surface area (Å²) < 4.78 is 1.34. The summed E-state index contributed by atoms with van der Waals surface area (Å²) in [7, 11) is 0. The Kier molecular flexibility index (Phi) is 4.76. The Hall–Kier alpha value is -3.87. The van der Waals surface area contributed by atoms with Crippen LogP contribution in [-0.4, -0.2) is 21.5 Å². The van der Waals surface area contributed by atoms with Gasteiger partial charge in [0.05, 0.1) is 16.8 Å². The summed E-state index contributed by atoms with van der Waals surface area (Å²) >= 11 is 0. The molecule has 0 spiro atoms. The van der Waals surface area contributed by atoms with Gasteiger partial charge in [-0.15, -0.1) is 6.58 Å². The van der Waals surface area contributed by atoms with E-state index < -0.39 is 28.7 Å². The van der Waals surface area contributed by atoms with Crippen molar-refractivity contribution in [3.63, 3.8) is 0 Å². The van der Waals surface area contributed by atoms with E-state index >= 15 is 0 Å². The van der Waals surface area contributed by atoms with Crippen LogP contribution in [-0.2, 0) is 6.54 Å². The van der Waals surface area contributed by atoms with E-state index in [1.54, 1.807) is 36.4 Å². The molecule has 0 aliphatic rings. The van der Waals surface area contributed by atoms with Gasteiger partial charge in [-0.1, -0.05) is 30.3 Å². The second-order valence-corrected chi connectivity index (χ2v) is 5.81. The zero-order chi connectivity index (χ0) is 19.6. The molecule has 3 aromatic rings. The highest BCUT2D eigenvalue weighted by Gasteiger charge is 2.23. The highest BCUT2D eigenvalue weighted by atomic mass is 16.3. The van der Waals surface area contributed by atoms with Crippen molar-refractivity contribution < 1.29 is 14.7 Å². The van der Waals surface area contributed by atoms with Crippen LogP contribution in [0.3, 0.4) is 0 Å². The molecule has 0 aliphatic heterocycles. The average Bonchev–Trinajstić information content (AvgIpc) is 2.65. The normalized spacial score (nSPS) is 10.5. The van der Waals surface area contributed by atoms with Crippen LogP contribution < -0.4 is 16.6 Å². The van der Waals surface area contributed by atoms with Crippen molar-refractivity contribution in [1.82, 2.24) is 4.57 Å². The lowest BCUT2D eigenvalue weighted by Crippen LogP contribution is -2.30. The van der Waals surface area contributed by atoms with E-state index in [1.165, 1.54) is 22.8 Å². The molecule has 3 rings (SSSR count). The molecule has 0 fully saturated rings. The maximum atomic E-state index is 12.8. The standard InChI is InChI=1S/C20H17N3O4/c1-2-11-23-15-10-6-4-8-13(15)17(24)16(20(23)27)19(26)22-14-9-5-3-7-12(14)18(21)25/h2-10,24H,1,11H2,(H2,21,25)(H,22,26). The number of nitrogens with zero attached hydrogens (tertiary/aromatic N) is 1. The minimum atomic E-state index is -0.838. The van der Waals surface area contributed by atoms with E-state index in [0.717, 1.165) is 0 Å². The Morgan fingerprint density at radius 2 is 1.81 bits per heavy atom. The molecule has 136 valence electrons. The van der Waals surface area contributed by atoms with Crippen molar-refractivity contribution in [3.8, 4) is 5.75 Å². The summed E-state index contributed by atoms with van der Waals surface area (Å²) in [6, 6.07) is 12.8. The second kappa shape index (κ2) is 7.17. The Balaban J connectivity index is 2.17. The van der Waals surface area contributed by atoms with Gasteiger partial charge in [0, 0.05) is 11.9 Å². The first kappa shape index (κ1) is 17.9. The number of rotatable bonds is 5. The zero-order valence-electron chi connectivity index (χ0n) is 14.3. The Morgan fingerprint density at radius 3 is 2.52 bits per heavy atom. The molecule has 27 heavy (non-hydrogen) atoms. The lowest BCUT2D eigenvalue weighted by molar-refractivity contribution is 0.100. The predicted molar refractivity (Wildman–Crippen MR) is 103 cm³/mol. The highest BCUT2D eigenvalue weighted by Crippen LogP contribution is 2.27. The maximum Gasteiger partial charge on any atom is 0.268 e. The number of aromatic nitrogens is 1. The molecule has 0 bridgehead atoms. The summed E-state index contributed by atoms with van der Waals surface area (Å²) in [5.41, 5.74) is 4.95. The smallest absolute Gasteiger partial charge is 0.268 e. The van der Waals surface area contributed by atoms with Crippen LogP contribution in [0.4, 0.5) is 5.69 Å². The summed E-state index contributed by atoms with van der Waals surface area (Å²) in [6.45, 7) is 3.79. The zero-order valence-corrected chi connectivity index (χ0v) is 14.3. The minimum Gasteiger partial charge on any atom is -0.506 e. The number of pyridine rings is 1. The van der Waals surface area contributed by atoms with Gasteiger partial charge in [-0.3, -0.25) is 14.4 Å². The minimum absolute atomic E-state index is 0.0950. The van der Waals surface area contributed by atoms with Gasteiger partial charge in [-0.25, -0.2) is 0 Å². The van der Waals surface area contributed by atoms with Gasteiger partial charge in [-0.05, 0) is 24.3 Å². The van der Waals surface area contributed by atoms with Crippen LogP contribution in [0.1, 0.15) is 20.7 Å². The first-order chi connectivity index (χ1) is 13.0. The topological polar surface area (TPSA) is 114 Å². The lowest BCUT2D eigenvalue weighted by Gasteiger charge is -2.14. The molecule has 2 amide bonds. The van der Waals surface area contributed by atoms with Gasteiger partial charge in [0.1, 0.15) is 11.3 Å². The molecule has 2 aromatic carbocycles. The molecule has 0 aliphatic carbocycles. The fraction of sp³-hybridized carbons (Fsp3) is 0.0500. The van der Waals surface area contributed by atoms with Crippen LogP contribution >= 0.6 is 0 Å². The lowest BCUT2D eigenvalue weighted by atomic mass is 10.1. The third-order valence-electron chi connectivity index (χ3n) is 4.13. The molecule has 7 nitrogen and oxygen atoms in total. The molecule has 7 heteroatoms. The Morgan fingerprint density at radius 1 is 1.15 bits per heavy atom. The summed E-state index contributed by atoms with van der Waals surface area (Å²) in [5.74, 6) is -1.99. The number of allylic oxidation sites excluding steroid dienone is 1. The fourth-order valence-electron chi connectivity index (χ4n) is 2.90. The van der Waals surface area contributed by atoms with Crippen LogP contribution in [0.2, 0.25) is 0 Å². The number of amides is 2. The molecular weight excluding hydrogens is 346 g/mol. The summed E-state index contributed by atoms with van der Waals surface area (Å²) in [4.78, 5) is 37.1. The van der Waals surface area contributed by atoms with Crippen LogP contribution in [0.25, 0.3) is 10.9 Å². The quantitative estimate of drug-likeness (QED) is 0.603. The Labute approximate surface area is 154 Å². The number of hydrogen-bond acceptors (Lipinski definition) is 4. The van der Waals surface area contributed by atoms with Crippen molar-refractivity contribution in [1.29, 1.82) is 0 Å². The first-order valence-corrected chi connectivity index (χ1v) is 8.11. The van der Waals surface area contributed by atoms with E-state index in [-0.39, 0.29) is 17.8 Å². The van der Waals surface area contributed by atoms with Crippen molar-refractivity contribution in [2.24, 2.45) is 5.73 Å². The highest BCUT2D eigenvalue weighted by molar-refractivity contribution is 6.11. The summed E-state index contributed by atoms with van der Waals surface area (Å²) in [6.07, 6.45) is 1.52. The molecule has 0 saturated carbocycles. The van der Waals surface area contributed by atoms with Gasteiger partial charge in [-0.2, -0.15) is 0 Å². The number of carbonyl (C=O) groups excluding carboxylic acids is 2. The SMILES string of the molecule is C=CCn1c(=O)c(C(=O)Nc2ccccc2C(N)=O)c(O)c2ccccc21. The predicted octanol–water partition coefficient (Wildman–Crippen LogP) is 2.24. The number of carbonyl (C=O) groups is 2. The molecule has 0 radical (unpaired) electrons. The number of nitrogens with two attached hydrogens (primary N) is 1. The van der Waals surface area contributed by atoms with Crippen molar-refractivity contribution >= 4 is 28.4 Å². The molecule has 1 heterocycles. The number of para-hydroxylation sites is 2. The second-order valence-electron chi connectivity index (χ2n) is 5.81. The van der Waals surface area contributed by atoms with Gasteiger partial charge in [0.25, 0.3) is 17.4 Å². The number of hydrogen-bond donors (Lipinski definition) is 3. The van der Waals surface area contributed by atoms with E-state index in [4.69, 9.17) is 5.73 Å². The first-order valence-electron chi connectivity index (χ1n) is 8.11. The maximum absolute atomic E-state index is 12.8. The number of primary amides is 1. The van der Waals surface area contributed by atoms with Crippen molar-refractivity contribution in [2.45, 2.75) is 6.54 Å². The van der Waals surface area contributed by atoms with E-state index in [0.29, 0.717) is 10.9 Å². The third-order valence-corrected chi connectivity index (χ3v) is 4.13. The van der Waals surface area contributed by atoms with Crippen LogP contribution in [0.5, 0.6) is 5.75 Å². The number of nitrogens with one attached hydrogen (secondary N) is 1. The molecular formula is C20H17N3O4. The Bertz CT molecular complexity index is 1130. The van der Waals surface area contributed by atoms with Gasteiger partial charge < -0.3 is 20.7 Å². The number of aromatic hydroxyl groups is 1. The monoisotopic (exact) mass is 363 g/mol.